The maximum Gasteiger partial charge on any atom is 0.250 e. The molecule has 18 heavy (non-hydrogen) atoms. The van der Waals surface area contributed by atoms with Gasteiger partial charge in [-0.25, -0.2) is 13.1 Å². The number of hydrogen-bond acceptors (Lipinski definition) is 4. The lowest BCUT2D eigenvalue weighted by Crippen LogP contribution is -2.25. The summed E-state index contributed by atoms with van der Waals surface area (Å²) >= 11 is 1.32. The van der Waals surface area contributed by atoms with E-state index in [2.05, 4.69) is 25.5 Å². The Labute approximate surface area is 119 Å². The molecule has 0 aliphatic rings. The summed E-state index contributed by atoms with van der Waals surface area (Å²) in [5.74, 6) is 0. The van der Waals surface area contributed by atoms with Crippen molar-refractivity contribution in [3.8, 4) is 0 Å². The highest BCUT2D eigenvalue weighted by atomic mass is 35.5. The Morgan fingerprint density at radius 1 is 1.33 bits per heavy atom. The lowest BCUT2D eigenvalue weighted by molar-refractivity contribution is 0.581. The van der Waals surface area contributed by atoms with E-state index in [1.165, 1.54) is 11.3 Å². The number of hydrogen-bond donors (Lipinski definition) is 2. The van der Waals surface area contributed by atoms with Gasteiger partial charge in [0.1, 0.15) is 4.21 Å². The molecule has 0 aliphatic heterocycles. The zero-order chi connectivity index (χ0) is 13.1. The van der Waals surface area contributed by atoms with Crippen molar-refractivity contribution in [3.63, 3.8) is 0 Å². The van der Waals surface area contributed by atoms with Crippen LogP contribution in [0.3, 0.4) is 0 Å². The van der Waals surface area contributed by atoms with Gasteiger partial charge in [0.05, 0.1) is 0 Å². The summed E-state index contributed by atoms with van der Waals surface area (Å²) in [4.78, 5) is 1.07. The molecule has 0 spiro atoms. The van der Waals surface area contributed by atoms with Gasteiger partial charge in [-0.1, -0.05) is 20.8 Å². The van der Waals surface area contributed by atoms with E-state index < -0.39 is 10.0 Å². The smallest absolute Gasteiger partial charge is 0.250 e. The average Bonchev–Trinajstić information content (AvgIpc) is 2.66. The molecular weight excluding hydrogens is 292 g/mol. The topological polar surface area (TPSA) is 72.2 Å². The Bertz CT molecular complexity index is 464. The molecular formula is C11H21ClN2O2S2. The fraction of sp³-hybridized carbons (Fsp3) is 0.636. The van der Waals surface area contributed by atoms with Crippen LogP contribution in [0.2, 0.25) is 0 Å². The molecule has 0 saturated carbocycles. The van der Waals surface area contributed by atoms with Gasteiger partial charge in [0.2, 0.25) is 10.0 Å². The maximum absolute atomic E-state index is 11.9. The molecule has 1 rings (SSSR count). The van der Waals surface area contributed by atoms with Crippen LogP contribution < -0.4 is 10.5 Å². The Hall–Kier alpha value is -0.140. The summed E-state index contributed by atoms with van der Waals surface area (Å²) in [6.07, 6.45) is 0.650. The minimum absolute atomic E-state index is 0. The fourth-order valence-corrected chi connectivity index (χ4v) is 3.73. The van der Waals surface area contributed by atoms with Crippen LogP contribution in [0.1, 0.15) is 32.1 Å². The van der Waals surface area contributed by atoms with Crippen LogP contribution in [0.5, 0.6) is 0 Å². The van der Waals surface area contributed by atoms with Gasteiger partial charge in [-0.3, -0.25) is 0 Å². The predicted molar refractivity (Wildman–Crippen MR) is 79.1 cm³/mol. The summed E-state index contributed by atoms with van der Waals surface area (Å²) in [6, 6.07) is 3.54. The normalized spacial score (nSPS) is 12.2. The van der Waals surface area contributed by atoms with Crippen LogP contribution in [0.25, 0.3) is 0 Å². The van der Waals surface area contributed by atoms with E-state index in [1.807, 2.05) is 6.07 Å². The van der Waals surface area contributed by atoms with Crippen molar-refractivity contribution < 1.29 is 8.42 Å². The summed E-state index contributed by atoms with van der Waals surface area (Å²) in [5, 5.41) is 0. The number of halogens is 1. The number of nitrogens with one attached hydrogen (secondary N) is 1. The quantitative estimate of drug-likeness (QED) is 0.818. The minimum atomic E-state index is -3.36. The molecule has 0 aliphatic carbocycles. The first-order chi connectivity index (χ1) is 7.77. The summed E-state index contributed by atoms with van der Waals surface area (Å²) in [5.41, 5.74) is 5.31. The standard InChI is InChI=1S/C11H20N2O2S2.ClH/c1-11(2,3)9-5-6-10(16-9)17(14,15)13-8-4-7-12;/h5-6,13H,4,7-8,12H2,1-3H3;1H. The zero-order valence-electron chi connectivity index (χ0n) is 10.9. The van der Waals surface area contributed by atoms with Gasteiger partial charge >= 0.3 is 0 Å². The van der Waals surface area contributed by atoms with Gasteiger partial charge in [0.15, 0.2) is 0 Å². The van der Waals surface area contributed by atoms with Gasteiger partial charge in [0, 0.05) is 11.4 Å². The highest BCUT2D eigenvalue weighted by molar-refractivity contribution is 7.91. The van der Waals surface area contributed by atoms with Crippen LogP contribution in [0.4, 0.5) is 0 Å². The lowest BCUT2D eigenvalue weighted by atomic mass is 9.95. The summed E-state index contributed by atoms with van der Waals surface area (Å²) in [6.45, 7) is 7.08. The second-order valence-electron chi connectivity index (χ2n) is 4.91. The zero-order valence-corrected chi connectivity index (χ0v) is 13.3. The molecule has 4 nitrogen and oxygen atoms in total. The Kier molecular flexibility index (Phi) is 6.81. The Balaban J connectivity index is 0.00000289. The van der Waals surface area contributed by atoms with E-state index in [0.717, 1.165) is 4.88 Å². The largest absolute Gasteiger partial charge is 0.330 e. The van der Waals surface area contributed by atoms with Crippen LogP contribution in [0.15, 0.2) is 16.3 Å². The van der Waals surface area contributed by atoms with Gasteiger partial charge in [-0.05, 0) is 30.5 Å². The van der Waals surface area contributed by atoms with Crippen molar-refractivity contribution >= 4 is 33.8 Å². The highest BCUT2D eigenvalue weighted by Crippen LogP contribution is 2.31. The van der Waals surface area contributed by atoms with Crippen molar-refractivity contribution in [2.75, 3.05) is 13.1 Å². The van der Waals surface area contributed by atoms with E-state index in [4.69, 9.17) is 5.73 Å². The molecule has 0 radical (unpaired) electrons. The second-order valence-corrected chi connectivity index (χ2v) is 7.99. The summed E-state index contributed by atoms with van der Waals surface area (Å²) in [7, 11) is -3.36. The van der Waals surface area contributed by atoms with E-state index in [1.54, 1.807) is 6.07 Å². The molecule has 0 fully saturated rings. The third-order valence-corrected chi connectivity index (χ3v) is 5.72. The van der Waals surface area contributed by atoms with Crippen LogP contribution in [-0.4, -0.2) is 21.5 Å². The predicted octanol–water partition coefficient (Wildman–Crippen LogP) is 2.09. The van der Waals surface area contributed by atoms with Crippen LogP contribution in [-0.2, 0) is 15.4 Å². The first-order valence-corrected chi connectivity index (χ1v) is 7.87. The first-order valence-electron chi connectivity index (χ1n) is 5.57. The van der Waals surface area contributed by atoms with E-state index >= 15 is 0 Å². The molecule has 0 atom stereocenters. The summed E-state index contributed by atoms with van der Waals surface area (Å²) < 4.78 is 26.7. The van der Waals surface area contributed by atoms with Gasteiger partial charge in [-0.2, -0.15) is 0 Å². The molecule has 0 unspecified atom stereocenters. The number of sulfonamides is 1. The molecule has 1 aromatic rings. The van der Waals surface area contributed by atoms with Crippen molar-refractivity contribution in [2.24, 2.45) is 5.73 Å². The third-order valence-electron chi connectivity index (χ3n) is 2.26. The Morgan fingerprint density at radius 3 is 2.39 bits per heavy atom. The van der Waals surface area contributed by atoms with Gasteiger partial charge in [-0.15, -0.1) is 23.7 Å². The van der Waals surface area contributed by atoms with E-state index in [0.29, 0.717) is 23.7 Å². The number of nitrogens with two attached hydrogens (primary N) is 1. The lowest BCUT2D eigenvalue weighted by Gasteiger charge is -2.15. The molecule has 0 saturated heterocycles. The third kappa shape index (κ3) is 4.85. The van der Waals surface area contributed by atoms with E-state index in [-0.39, 0.29) is 17.8 Å². The van der Waals surface area contributed by atoms with E-state index in [9.17, 15) is 8.42 Å². The van der Waals surface area contributed by atoms with Crippen molar-refractivity contribution in [1.29, 1.82) is 0 Å². The van der Waals surface area contributed by atoms with Crippen LogP contribution in [0, 0.1) is 0 Å². The first kappa shape index (κ1) is 17.9. The van der Waals surface area contributed by atoms with Crippen molar-refractivity contribution in [1.82, 2.24) is 4.72 Å². The van der Waals surface area contributed by atoms with Gasteiger partial charge in [0.25, 0.3) is 0 Å². The molecule has 0 bridgehead atoms. The van der Waals surface area contributed by atoms with Crippen molar-refractivity contribution in [2.45, 2.75) is 36.8 Å². The highest BCUT2D eigenvalue weighted by Gasteiger charge is 2.21. The molecule has 3 N–H and O–H groups in total. The molecule has 1 heterocycles. The maximum atomic E-state index is 11.9. The molecule has 106 valence electrons. The molecule has 7 heteroatoms. The monoisotopic (exact) mass is 312 g/mol. The van der Waals surface area contributed by atoms with Crippen LogP contribution >= 0.6 is 23.7 Å². The second kappa shape index (κ2) is 6.86. The molecule has 0 amide bonds. The van der Waals surface area contributed by atoms with Gasteiger partial charge < -0.3 is 5.73 Å². The number of rotatable bonds is 5. The molecule has 1 aromatic heterocycles. The fourth-order valence-electron chi connectivity index (χ4n) is 1.25. The number of thiophene rings is 1. The minimum Gasteiger partial charge on any atom is -0.330 e. The van der Waals surface area contributed by atoms with Crippen molar-refractivity contribution in [3.05, 3.63) is 17.0 Å². The molecule has 0 aromatic carbocycles. The SMILES string of the molecule is CC(C)(C)c1ccc(S(=O)(=O)NCCCN)s1.Cl. The Morgan fingerprint density at radius 2 is 1.94 bits per heavy atom. The average molecular weight is 313 g/mol.